The molecule has 2 aliphatic rings. The molecule has 150 valence electrons. The minimum Gasteiger partial charge on any atom is -0.325 e. The maximum Gasteiger partial charge on any atom is 0.325 e. The Balaban J connectivity index is 1.48. The van der Waals surface area contributed by atoms with Gasteiger partial charge in [0.25, 0.3) is 5.91 Å². The molecule has 1 heterocycles. The summed E-state index contributed by atoms with van der Waals surface area (Å²) in [5.41, 5.74) is 2.73. The molecule has 1 aliphatic heterocycles. The lowest BCUT2D eigenvalue weighted by atomic mass is 9.76. The van der Waals surface area contributed by atoms with Gasteiger partial charge in [-0.25, -0.2) is 4.79 Å². The summed E-state index contributed by atoms with van der Waals surface area (Å²) in [5.74, 6) is -0.735. The van der Waals surface area contributed by atoms with Crippen LogP contribution >= 0.6 is 0 Å². The molecular formula is C23H25N3O3. The highest BCUT2D eigenvalue weighted by Gasteiger charge is 2.54. The van der Waals surface area contributed by atoms with Crippen molar-refractivity contribution in [2.45, 2.75) is 44.6 Å². The number of nitrogens with zero attached hydrogens (tertiary/aromatic N) is 1. The molecule has 1 fully saturated rings. The third-order valence-corrected chi connectivity index (χ3v) is 5.73. The first-order valence-electron chi connectivity index (χ1n) is 10.1. The summed E-state index contributed by atoms with van der Waals surface area (Å²) >= 11 is 0. The Morgan fingerprint density at radius 3 is 2.66 bits per heavy atom. The molecule has 1 spiro atoms. The van der Waals surface area contributed by atoms with Crippen molar-refractivity contribution in [2.75, 3.05) is 11.9 Å². The number of rotatable bonds is 5. The Morgan fingerprint density at radius 2 is 1.90 bits per heavy atom. The third kappa shape index (κ3) is 3.50. The zero-order valence-corrected chi connectivity index (χ0v) is 16.5. The van der Waals surface area contributed by atoms with Crippen LogP contribution < -0.4 is 10.6 Å². The van der Waals surface area contributed by atoms with E-state index in [1.54, 1.807) is 0 Å². The van der Waals surface area contributed by atoms with E-state index in [1.165, 1.54) is 5.56 Å². The molecule has 0 aromatic heterocycles. The molecule has 6 nitrogen and oxygen atoms in total. The largest absolute Gasteiger partial charge is 0.325 e. The first kappa shape index (κ1) is 19.2. The molecule has 2 N–H and O–H groups in total. The highest BCUT2D eigenvalue weighted by atomic mass is 16.2. The molecule has 0 saturated carbocycles. The van der Waals surface area contributed by atoms with Gasteiger partial charge in [0.05, 0.1) is 0 Å². The molecule has 6 heteroatoms. The second kappa shape index (κ2) is 7.70. The predicted octanol–water partition coefficient (Wildman–Crippen LogP) is 3.36. The van der Waals surface area contributed by atoms with Crippen LogP contribution in [0.15, 0.2) is 48.5 Å². The molecule has 4 amide bonds. The monoisotopic (exact) mass is 391 g/mol. The van der Waals surface area contributed by atoms with E-state index in [1.807, 2.05) is 48.5 Å². The standard InChI is InChI=1S/C23H25N3O3/c1-2-6-16-10-12-18(13-11-16)24-20(27)15-26-21(28)23(25-22(26)29)14-5-8-17-7-3-4-9-19(17)23/h3-4,7,9-13H,2,5-6,8,14-15H2,1H3,(H,24,27)(H,25,29). The first-order chi connectivity index (χ1) is 14.0. The van der Waals surface area contributed by atoms with E-state index in [0.717, 1.165) is 41.7 Å². The van der Waals surface area contributed by atoms with Gasteiger partial charge in [0.15, 0.2) is 0 Å². The van der Waals surface area contributed by atoms with Crippen LogP contribution in [-0.2, 0) is 28.0 Å². The van der Waals surface area contributed by atoms with Crippen LogP contribution in [0.3, 0.4) is 0 Å². The number of hydrogen-bond donors (Lipinski definition) is 2. The highest BCUT2D eigenvalue weighted by molar-refractivity contribution is 6.10. The number of benzene rings is 2. The van der Waals surface area contributed by atoms with Gasteiger partial charge in [0, 0.05) is 5.69 Å². The highest BCUT2D eigenvalue weighted by Crippen LogP contribution is 2.39. The molecule has 1 unspecified atom stereocenters. The minimum absolute atomic E-state index is 0.300. The number of amides is 4. The lowest BCUT2D eigenvalue weighted by Crippen LogP contribution is -2.47. The van der Waals surface area contributed by atoms with Gasteiger partial charge in [0.1, 0.15) is 12.1 Å². The summed E-state index contributed by atoms with van der Waals surface area (Å²) < 4.78 is 0. The molecular weight excluding hydrogens is 366 g/mol. The van der Waals surface area contributed by atoms with E-state index in [2.05, 4.69) is 17.6 Å². The number of carbonyl (C=O) groups is 3. The van der Waals surface area contributed by atoms with Crippen molar-refractivity contribution in [2.24, 2.45) is 0 Å². The van der Waals surface area contributed by atoms with Crippen LogP contribution in [0.2, 0.25) is 0 Å². The molecule has 2 aromatic carbocycles. The normalized spacial score (nSPS) is 20.5. The second-order valence-electron chi connectivity index (χ2n) is 7.73. The van der Waals surface area contributed by atoms with E-state index in [9.17, 15) is 14.4 Å². The second-order valence-corrected chi connectivity index (χ2v) is 7.73. The van der Waals surface area contributed by atoms with Crippen molar-refractivity contribution < 1.29 is 14.4 Å². The van der Waals surface area contributed by atoms with Crippen LogP contribution in [-0.4, -0.2) is 29.3 Å². The van der Waals surface area contributed by atoms with Gasteiger partial charge >= 0.3 is 6.03 Å². The Bertz CT molecular complexity index is 954. The van der Waals surface area contributed by atoms with Crippen molar-refractivity contribution in [3.8, 4) is 0 Å². The zero-order chi connectivity index (χ0) is 20.4. The van der Waals surface area contributed by atoms with Gasteiger partial charge in [-0.1, -0.05) is 49.7 Å². The summed E-state index contributed by atoms with van der Waals surface area (Å²) in [6.45, 7) is 1.82. The molecule has 0 bridgehead atoms. The van der Waals surface area contributed by atoms with Crippen molar-refractivity contribution in [3.63, 3.8) is 0 Å². The summed E-state index contributed by atoms with van der Waals surface area (Å²) in [4.78, 5) is 39.3. The van der Waals surface area contributed by atoms with Crippen LogP contribution in [0, 0.1) is 0 Å². The van der Waals surface area contributed by atoms with Gasteiger partial charge < -0.3 is 10.6 Å². The van der Waals surface area contributed by atoms with E-state index in [-0.39, 0.29) is 12.5 Å². The Labute approximate surface area is 170 Å². The van der Waals surface area contributed by atoms with Crippen molar-refractivity contribution in [1.82, 2.24) is 10.2 Å². The SMILES string of the molecule is CCCc1ccc(NC(=O)CN2C(=O)NC3(CCCc4ccccc43)C2=O)cc1. The summed E-state index contributed by atoms with van der Waals surface area (Å²) in [7, 11) is 0. The number of nitrogens with one attached hydrogen (secondary N) is 2. The number of urea groups is 1. The minimum atomic E-state index is -1.05. The predicted molar refractivity (Wildman–Crippen MR) is 110 cm³/mol. The number of hydrogen-bond acceptors (Lipinski definition) is 3. The first-order valence-corrected chi connectivity index (χ1v) is 10.1. The maximum absolute atomic E-state index is 13.2. The van der Waals surface area contributed by atoms with E-state index in [4.69, 9.17) is 0 Å². The molecule has 2 aromatic rings. The van der Waals surface area contributed by atoms with Crippen LogP contribution in [0.4, 0.5) is 10.5 Å². The number of carbonyl (C=O) groups excluding carboxylic acids is 3. The Hall–Kier alpha value is -3.15. The lowest BCUT2D eigenvalue weighted by molar-refractivity contribution is -0.134. The van der Waals surface area contributed by atoms with Crippen molar-refractivity contribution in [1.29, 1.82) is 0 Å². The van der Waals surface area contributed by atoms with Crippen molar-refractivity contribution >= 4 is 23.5 Å². The van der Waals surface area contributed by atoms with Gasteiger partial charge in [-0.3, -0.25) is 14.5 Å². The fourth-order valence-corrected chi connectivity index (χ4v) is 4.34. The molecule has 1 atom stereocenters. The summed E-state index contributed by atoms with van der Waals surface area (Å²) in [6.07, 6.45) is 4.29. The number of aryl methyl sites for hydroxylation is 2. The number of anilines is 1. The molecule has 1 saturated heterocycles. The Morgan fingerprint density at radius 1 is 1.14 bits per heavy atom. The lowest BCUT2D eigenvalue weighted by Gasteiger charge is -2.33. The van der Waals surface area contributed by atoms with E-state index in [0.29, 0.717) is 12.1 Å². The fourth-order valence-electron chi connectivity index (χ4n) is 4.34. The Kier molecular flexibility index (Phi) is 5.09. The van der Waals surface area contributed by atoms with Crippen molar-refractivity contribution in [3.05, 3.63) is 65.2 Å². The quantitative estimate of drug-likeness (QED) is 0.767. The maximum atomic E-state index is 13.2. The fraction of sp³-hybridized carbons (Fsp3) is 0.348. The average molecular weight is 391 g/mol. The van der Waals surface area contributed by atoms with Crippen LogP contribution in [0.1, 0.15) is 42.9 Å². The number of imide groups is 1. The molecule has 4 rings (SSSR count). The molecule has 29 heavy (non-hydrogen) atoms. The smallest absolute Gasteiger partial charge is 0.325 e. The topological polar surface area (TPSA) is 78.5 Å². The van der Waals surface area contributed by atoms with Gasteiger partial charge in [-0.15, -0.1) is 0 Å². The number of fused-ring (bicyclic) bond motifs is 2. The van der Waals surface area contributed by atoms with Gasteiger partial charge in [-0.05, 0) is 54.5 Å². The van der Waals surface area contributed by atoms with E-state index >= 15 is 0 Å². The molecule has 1 aliphatic carbocycles. The van der Waals surface area contributed by atoms with Gasteiger partial charge in [0.2, 0.25) is 5.91 Å². The summed E-state index contributed by atoms with van der Waals surface area (Å²) in [5, 5.41) is 5.65. The van der Waals surface area contributed by atoms with E-state index < -0.39 is 17.5 Å². The summed E-state index contributed by atoms with van der Waals surface area (Å²) in [6, 6.07) is 14.8. The zero-order valence-electron chi connectivity index (χ0n) is 16.5. The van der Waals surface area contributed by atoms with Gasteiger partial charge in [-0.2, -0.15) is 0 Å². The van der Waals surface area contributed by atoms with Crippen LogP contribution in [0.5, 0.6) is 0 Å². The average Bonchev–Trinajstić information content (AvgIpc) is 2.95. The third-order valence-electron chi connectivity index (χ3n) is 5.73. The van der Waals surface area contributed by atoms with Crippen LogP contribution in [0.25, 0.3) is 0 Å². The molecule has 0 radical (unpaired) electrons.